The van der Waals surface area contributed by atoms with E-state index in [4.69, 9.17) is 4.42 Å². The van der Waals surface area contributed by atoms with Crippen molar-refractivity contribution in [3.63, 3.8) is 0 Å². The summed E-state index contributed by atoms with van der Waals surface area (Å²) < 4.78 is 8.16. The van der Waals surface area contributed by atoms with E-state index in [-0.39, 0.29) is 11.8 Å². The molecule has 0 bridgehead atoms. The highest BCUT2D eigenvalue weighted by Gasteiger charge is 2.28. The van der Waals surface area contributed by atoms with Gasteiger partial charge in [0.15, 0.2) is 5.76 Å². The lowest BCUT2D eigenvalue weighted by Crippen LogP contribution is -2.48. The van der Waals surface area contributed by atoms with Gasteiger partial charge in [0, 0.05) is 57.1 Å². The SMILES string of the molecule is CCCN(Cc1cccn1Cc1ccc(C(=O)N2CCN(C/C=C/c3ccccc3)CC2)o1)C(=O)C1CCCC1. The first-order chi connectivity index (χ1) is 19.6. The summed E-state index contributed by atoms with van der Waals surface area (Å²) >= 11 is 0. The molecule has 0 unspecified atom stereocenters. The fraction of sp³-hybridized carbons (Fsp3) is 0.455. The van der Waals surface area contributed by atoms with Crippen molar-refractivity contribution < 1.29 is 14.0 Å². The quantitative estimate of drug-likeness (QED) is 0.320. The molecule has 1 saturated heterocycles. The highest BCUT2D eigenvalue weighted by atomic mass is 16.4. The molecule has 0 radical (unpaired) electrons. The third-order valence-corrected chi connectivity index (χ3v) is 8.12. The van der Waals surface area contributed by atoms with E-state index in [9.17, 15) is 9.59 Å². The Morgan fingerprint density at radius 3 is 2.50 bits per heavy atom. The third kappa shape index (κ3) is 7.13. The fourth-order valence-corrected chi connectivity index (χ4v) is 5.85. The molecule has 1 aromatic carbocycles. The molecule has 7 heteroatoms. The number of benzene rings is 1. The molecule has 2 aromatic heterocycles. The highest BCUT2D eigenvalue weighted by Crippen LogP contribution is 2.27. The molecule has 1 saturated carbocycles. The molecule has 0 N–H and O–H groups in total. The maximum atomic E-state index is 13.2. The summed E-state index contributed by atoms with van der Waals surface area (Å²) in [5.74, 6) is 1.57. The molecular formula is C33H42N4O3. The number of nitrogens with zero attached hydrogens (tertiary/aromatic N) is 4. The van der Waals surface area contributed by atoms with Crippen LogP contribution < -0.4 is 0 Å². The van der Waals surface area contributed by atoms with Gasteiger partial charge in [-0.25, -0.2) is 0 Å². The van der Waals surface area contributed by atoms with Gasteiger partial charge in [-0.15, -0.1) is 0 Å². The van der Waals surface area contributed by atoms with Gasteiger partial charge in [0.2, 0.25) is 5.91 Å². The second kappa shape index (κ2) is 13.7. The van der Waals surface area contributed by atoms with Crippen LogP contribution in [0.2, 0.25) is 0 Å². The van der Waals surface area contributed by atoms with Crippen LogP contribution in [0.15, 0.2) is 71.3 Å². The summed E-state index contributed by atoms with van der Waals surface area (Å²) in [6.07, 6.45) is 11.7. The van der Waals surface area contributed by atoms with Crippen LogP contribution in [0, 0.1) is 5.92 Å². The van der Waals surface area contributed by atoms with Crippen molar-refractivity contribution in [2.24, 2.45) is 5.92 Å². The molecule has 40 heavy (non-hydrogen) atoms. The molecule has 212 valence electrons. The molecule has 1 aliphatic heterocycles. The summed E-state index contributed by atoms with van der Waals surface area (Å²) in [6.45, 7) is 7.99. The van der Waals surface area contributed by atoms with E-state index in [1.54, 1.807) is 6.07 Å². The smallest absolute Gasteiger partial charge is 0.289 e. The number of piperazine rings is 1. The van der Waals surface area contributed by atoms with Gasteiger partial charge in [-0.3, -0.25) is 14.5 Å². The molecule has 0 atom stereocenters. The van der Waals surface area contributed by atoms with Crippen LogP contribution in [0.25, 0.3) is 6.08 Å². The summed E-state index contributed by atoms with van der Waals surface area (Å²) in [6, 6.07) is 18.1. The Morgan fingerprint density at radius 2 is 1.75 bits per heavy atom. The Morgan fingerprint density at radius 1 is 0.975 bits per heavy atom. The van der Waals surface area contributed by atoms with Gasteiger partial charge < -0.3 is 18.8 Å². The standard InChI is InChI=1S/C33H42N4O3/c1-2-18-37(32(38)28-13-6-7-14-28)25-29-15-9-20-36(29)26-30-16-17-31(40-30)33(39)35-23-21-34(22-24-35)19-8-12-27-10-4-3-5-11-27/h3-5,8-12,15-17,20,28H,2,6-7,13-14,18-19,21-26H2,1H3/b12-8+. The molecule has 2 fully saturated rings. The molecule has 7 nitrogen and oxygen atoms in total. The van der Waals surface area contributed by atoms with Crippen LogP contribution in [0.3, 0.4) is 0 Å². The summed E-state index contributed by atoms with van der Waals surface area (Å²) in [5.41, 5.74) is 2.29. The minimum Gasteiger partial charge on any atom is -0.454 e. The van der Waals surface area contributed by atoms with Crippen molar-refractivity contribution >= 4 is 17.9 Å². The number of carbonyl (C=O) groups is 2. The normalized spacial score (nSPS) is 16.7. The van der Waals surface area contributed by atoms with Gasteiger partial charge in [0.25, 0.3) is 5.91 Å². The lowest BCUT2D eigenvalue weighted by molar-refractivity contribution is -0.136. The Bertz CT molecular complexity index is 1260. The van der Waals surface area contributed by atoms with Crippen molar-refractivity contribution in [3.8, 4) is 0 Å². The van der Waals surface area contributed by atoms with Gasteiger partial charge in [-0.2, -0.15) is 0 Å². The molecule has 2 aliphatic rings. The van der Waals surface area contributed by atoms with E-state index in [1.807, 2.05) is 46.3 Å². The van der Waals surface area contributed by atoms with Crippen LogP contribution >= 0.6 is 0 Å². The summed E-state index contributed by atoms with van der Waals surface area (Å²) in [7, 11) is 0. The first kappa shape index (κ1) is 28.0. The summed E-state index contributed by atoms with van der Waals surface area (Å²) in [4.78, 5) is 32.6. The van der Waals surface area contributed by atoms with Gasteiger partial charge >= 0.3 is 0 Å². The lowest BCUT2D eigenvalue weighted by Gasteiger charge is -2.33. The van der Waals surface area contributed by atoms with Crippen molar-refractivity contribution in [2.75, 3.05) is 39.3 Å². The molecule has 0 spiro atoms. The largest absolute Gasteiger partial charge is 0.454 e. The zero-order valence-corrected chi connectivity index (χ0v) is 23.7. The molecule has 3 heterocycles. The van der Waals surface area contributed by atoms with E-state index in [2.05, 4.69) is 46.7 Å². The zero-order chi connectivity index (χ0) is 27.7. The third-order valence-electron chi connectivity index (χ3n) is 8.12. The van der Waals surface area contributed by atoms with Crippen molar-refractivity contribution in [1.82, 2.24) is 19.3 Å². The topological polar surface area (TPSA) is 61.9 Å². The molecule has 2 amide bonds. The van der Waals surface area contributed by atoms with Crippen molar-refractivity contribution in [3.05, 3.63) is 89.6 Å². The average Bonchev–Trinajstić information content (AvgIpc) is 3.77. The Hall–Kier alpha value is -3.58. The minimum absolute atomic E-state index is 0.0465. The van der Waals surface area contributed by atoms with Crippen molar-refractivity contribution in [1.29, 1.82) is 0 Å². The minimum atomic E-state index is -0.0465. The predicted octanol–water partition coefficient (Wildman–Crippen LogP) is 5.53. The highest BCUT2D eigenvalue weighted by molar-refractivity contribution is 5.91. The van der Waals surface area contributed by atoms with E-state index >= 15 is 0 Å². The average molecular weight is 543 g/mol. The summed E-state index contributed by atoms with van der Waals surface area (Å²) in [5, 5.41) is 0. The maximum absolute atomic E-state index is 13.2. The van der Waals surface area contributed by atoms with Crippen LogP contribution in [0.5, 0.6) is 0 Å². The lowest BCUT2D eigenvalue weighted by atomic mass is 10.1. The Balaban J connectivity index is 1.13. The fourth-order valence-electron chi connectivity index (χ4n) is 5.85. The number of carbonyl (C=O) groups excluding carboxylic acids is 2. The first-order valence-corrected chi connectivity index (χ1v) is 14.9. The Kier molecular flexibility index (Phi) is 9.55. The van der Waals surface area contributed by atoms with Crippen LogP contribution in [0.1, 0.15) is 66.6 Å². The van der Waals surface area contributed by atoms with Gasteiger partial charge in [-0.1, -0.05) is 62.2 Å². The number of hydrogen-bond acceptors (Lipinski definition) is 4. The second-order valence-corrected chi connectivity index (χ2v) is 11.0. The van der Waals surface area contributed by atoms with E-state index < -0.39 is 0 Å². The number of hydrogen-bond donors (Lipinski definition) is 0. The molecule has 3 aromatic rings. The van der Waals surface area contributed by atoms with Gasteiger partial charge in [0.05, 0.1) is 13.1 Å². The van der Waals surface area contributed by atoms with E-state index in [0.29, 0.717) is 37.8 Å². The zero-order valence-electron chi connectivity index (χ0n) is 23.7. The number of rotatable bonds is 11. The molecule has 1 aliphatic carbocycles. The van der Waals surface area contributed by atoms with E-state index in [1.165, 1.54) is 5.56 Å². The van der Waals surface area contributed by atoms with Crippen LogP contribution in [0.4, 0.5) is 0 Å². The van der Waals surface area contributed by atoms with Crippen LogP contribution in [-0.2, 0) is 17.9 Å². The monoisotopic (exact) mass is 542 g/mol. The number of amides is 2. The van der Waals surface area contributed by atoms with Gasteiger partial charge in [0.1, 0.15) is 5.76 Å². The predicted molar refractivity (Wildman–Crippen MR) is 158 cm³/mol. The molecular weight excluding hydrogens is 500 g/mol. The van der Waals surface area contributed by atoms with Gasteiger partial charge in [-0.05, 0) is 49.1 Å². The Labute approximate surface area is 238 Å². The number of aromatic nitrogens is 1. The maximum Gasteiger partial charge on any atom is 0.289 e. The first-order valence-electron chi connectivity index (χ1n) is 14.9. The number of furan rings is 1. The van der Waals surface area contributed by atoms with Crippen molar-refractivity contribution in [2.45, 2.75) is 52.1 Å². The van der Waals surface area contributed by atoms with Crippen LogP contribution in [-0.4, -0.2) is 70.3 Å². The van der Waals surface area contributed by atoms with E-state index in [0.717, 1.165) is 69.7 Å². The second-order valence-electron chi connectivity index (χ2n) is 11.0. The molecule has 5 rings (SSSR count).